The monoisotopic (exact) mass is 484 g/mol. The standard InChI is InChI=1S/C19H18ClFN4O4S2/c20-16-8-5-14(30-16)10-17-23-24-19(29-17)22-18(26)12-2-1-9-25(11-12)31(27,28)15-6-3-13(21)4-7-15/h3-8,12H,1-2,9-11H2,(H,22,24,26). The van der Waals surface area contributed by atoms with E-state index >= 15 is 0 Å². The average molecular weight is 485 g/mol. The first-order valence-corrected chi connectivity index (χ1v) is 12.1. The molecule has 0 radical (unpaired) electrons. The summed E-state index contributed by atoms with van der Waals surface area (Å²) in [7, 11) is -3.82. The third-order valence-corrected chi connectivity index (χ3v) is 7.97. The molecule has 1 N–H and O–H groups in total. The molecule has 8 nitrogen and oxygen atoms in total. The van der Waals surface area contributed by atoms with Gasteiger partial charge in [0.1, 0.15) is 5.82 Å². The van der Waals surface area contributed by atoms with E-state index in [0.717, 1.165) is 17.0 Å². The van der Waals surface area contributed by atoms with Gasteiger partial charge in [-0.2, -0.15) is 4.31 Å². The van der Waals surface area contributed by atoms with Gasteiger partial charge >= 0.3 is 6.01 Å². The lowest BCUT2D eigenvalue weighted by molar-refractivity contribution is -0.121. The third-order valence-electron chi connectivity index (χ3n) is 4.86. The molecule has 31 heavy (non-hydrogen) atoms. The first kappa shape index (κ1) is 21.9. The van der Waals surface area contributed by atoms with Crippen LogP contribution in [0.15, 0.2) is 45.7 Å². The number of hydrogen-bond acceptors (Lipinski definition) is 7. The van der Waals surface area contributed by atoms with Gasteiger partial charge in [-0.15, -0.1) is 16.4 Å². The lowest BCUT2D eigenvalue weighted by Crippen LogP contribution is -2.43. The number of piperidine rings is 1. The van der Waals surface area contributed by atoms with Crippen LogP contribution in [-0.2, 0) is 21.2 Å². The van der Waals surface area contributed by atoms with Crippen LogP contribution in [0.25, 0.3) is 0 Å². The molecular weight excluding hydrogens is 467 g/mol. The maximum absolute atomic E-state index is 13.1. The van der Waals surface area contributed by atoms with Crippen molar-refractivity contribution < 1.29 is 22.0 Å². The number of sulfonamides is 1. The van der Waals surface area contributed by atoms with Crippen molar-refractivity contribution in [1.82, 2.24) is 14.5 Å². The van der Waals surface area contributed by atoms with Gasteiger partial charge in [-0.1, -0.05) is 16.7 Å². The fraction of sp³-hybridized carbons (Fsp3) is 0.316. The van der Waals surface area contributed by atoms with Crippen LogP contribution in [0, 0.1) is 11.7 Å². The van der Waals surface area contributed by atoms with Crippen molar-refractivity contribution in [1.29, 1.82) is 0 Å². The summed E-state index contributed by atoms with van der Waals surface area (Å²) in [6.07, 6.45) is 1.44. The molecule has 4 rings (SSSR count). The van der Waals surface area contributed by atoms with Crippen molar-refractivity contribution in [2.24, 2.45) is 5.92 Å². The minimum absolute atomic E-state index is 0.00909. The van der Waals surface area contributed by atoms with Gasteiger partial charge in [0.25, 0.3) is 0 Å². The van der Waals surface area contributed by atoms with E-state index in [9.17, 15) is 17.6 Å². The van der Waals surface area contributed by atoms with Crippen LogP contribution in [0.4, 0.5) is 10.4 Å². The molecule has 2 aromatic heterocycles. The minimum Gasteiger partial charge on any atom is -0.407 e. The van der Waals surface area contributed by atoms with Crippen LogP contribution in [0.3, 0.4) is 0 Å². The lowest BCUT2D eigenvalue weighted by Gasteiger charge is -2.30. The van der Waals surface area contributed by atoms with Crippen molar-refractivity contribution in [2.75, 3.05) is 18.4 Å². The van der Waals surface area contributed by atoms with E-state index < -0.39 is 27.7 Å². The highest BCUT2D eigenvalue weighted by Gasteiger charge is 2.33. The van der Waals surface area contributed by atoms with Crippen molar-refractivity contribution >= 4 is 44.9 Å². The molecule has 1 aliphatic heterocycles. The van der Waals surface area contributed by atoms with Gasteiger partial charge in [-0.3, -0.25) is 10.1 Å². The summed E-state index contributed by atoms with van der Waals surface area (Å²) < 4.78 is 46.2. The number of halogens is 2. The molecule has 1 saturated heterocycles. The zero-order chi connectivity index (χ0) is 22.0. The van der Waals surface area contributed by atoms with Gasteiger partial charge in [0.05, 0.1) is 21.6 Å². The van der Waals surface area contributed by atoms with Crippen molar-refractivity contribution in [3.05, 3.63) is 57.3 Å². The SMILES string of the molecule is O=C(Nc1nnc(Cc2ccc(Cl)s2)o1)C1CCCN(S(=O)(=O)c2ccc(F)cc2)C1. The van der Waals surface area contributed by atoms with Crippen LogP contribution in [0.5, 0.6) is 0 Å². The van der Waals surface area contributed by atoms with Gasteiger partial charge in [-0.05, 0) is 49.2 Å². The number of hydrogen-bond donors (Lipinski definition) is 1. The molecular formula is C19H18ClFN4O4S2. The molecule has 1 aromatic carbocycles. The van der Waals surface area contributed by atoms with Gasteiger partial charge < -0.3 is 4.42 Å². The summed E-state index contributed by atoms with van der Waals surface area (Å²) in [6, 6.07) is 8.21. The molecule has 1 aliphatic rings. The number of aromatic nitrogens is 2. The Morgan fingerprint density at radius 1 is 1.26 bits per heavy atom. The highest BCUT2D eigenvalue weighted by molar-refractivity contribution is 7.89. The summed E-state index contributed by atoms with van der Waals surface area (Å²) in [6.45, 7) is 0.303. The molecule has 3 aromatic rings. The smallest absolute Gasteiger partial charge is 0.322 e. The largest absolute Gasteiger partial charge is 0.407 e. The van der Waals surface area contributed by atoms with Crippen LogP contribution < -0.4 is 5.32 Å². The highest BCUT2D eigenvalue weighted by Crippen LogP contribution is 2.26. The Bertz CT molecular complexity index is 1180. The van der Waals surface area contributed by atoms with E-state index in [2.05, 4.69) is 15.5 Å². The quantitative estimate of drug-likeness (QED) is 0.573. The summed E-state index contributed by atoms with van der Waals surface area (Å²) >= 11 is 7.30. The second kappa shape index (κ2) is 9.03. The first-order chi connectivity index (χ1) is 14.8. The second-order valence-corrected chi connectivity index (χ2v) is 10.8. The van der Waals surface area contributed by atoms with Gasteiger partial charge in [0, 0.05) is 18.0 Å². The van der Waals surface area contributed by atoms with Gasteiger partial charge in [0.15, 0.2) is 0 Å². The van der Waals surface area contributed by atoms with Crippen LogP contribution in [-0.4, -0.2) is 41.9 Å². The number of amides is 1. The highest BCUT2D eigenvalue weighted by atomic mass is 35.5. The number of rotatable bonds is 6. The normalized spacial score (nSPS) is 17.5. The summed E-state index contributed by atoms with van der Waals surface area (Å²) in [5.74, 6) is -1.15. The summed E-state index contributed by atoms with van der Waals surface area (Å²) in [4.78, 5) is 13.6. The lowest BCUT2D eigenvalue weighted by atomic mass is 9.99. The Hall–Kier alpha value is -2.34. The predicted molar refractivity (Wildman–Crippen MR) is 113 cm³/mol. The van der Waals surface area contributed by atoms with Crippen LogP contribution in [0.1, 0.15) is 23.6 Å². The minimum atomic E-state index is -3.82. The molecule has 0 aliphatic carbocycles. The van der Waals surface area contributed by atoms with Crippen molar-refractivity contribution in [3.63, 3.8) is 0 Å². The number of thiophene rings is 1. The van der Waals surface area contributed by atoms with E-state index in [1.165, 1.54) is 27.8 Å². The molecule has 164 valence electrons. The molecule has 1 fully saturated rings. The van der Waals surface area contributed by atoms with Crippen molar-refractivity contribution in [3.8, 4) is 0 Å². The zero-order valence-electron chi connectivity index (χ0n) is 16.1. The first-order valence-electron chi connectivity index (χ1n) is 9.44. The third kappa shape index (κ3) is 5.12. The summed E-state index contributed by atoms with van der Waals surface area (Å²) in [5, 5.41) is 10.3. The number of nitrogens with zero attached hydrogens (tertiary/aromatic N) is 3. The molecule has 12 heteroatoms. The molecule has 1 amide bonds. The zero-order valence-corrected chi connectivity index (χ0v) is 18.5. The number of anilines is 1. The Kier molecular flexibility index (Phi) is 6.37. The molecule has 1 atom stereocenters. The van der Waals surface area contributed by atoms with E-state index in [1.54, 1.807) is 6.07 Å². The van der Waals surface area contributed by atoms with Crippen LogP contribution in [0.2, 0.25) is 4.34 Å². The second-order valence-electron chi connectivity index (χ2n) is 7.03. The number of carbonyl (C=O) groups excluding carboxylic acids is 1. The Labute approximate surface area is 187 Å². The van der Waals surface area contributed by atoms with E-state index in [-0.39, 0.29) is 24.0 Å². The predicted octanol–water partition coefficient (Wildman–Crippen LogP) is 3.55. The molecule has 0 saturated carbocycles. The number of carbonyl (C=O) groups is 1. The number of nitrogens with one attached hydrogen (secondary N) is 1. The Balaban J connectivity index is 1.39. The van der Waals surface area contributed by atoms with Gasteiger partial charge in [0.2, 0.25) is 21.8 Å². The maximum atomic E-state index is 13.1. The van der Waals surface area contributed by atoms with Crippen molar-refractivity contribution in [2.45, 2.75) is 24.2 Å². The van der Waals surface area contributed by atoms with Crippen LogP contribution >= 0.6 is 22.9 Å². The van der Waals surface area contributed by atoms with E-state index in [4.69, 9.17) is 16.0 Å². The topological polar surface area (TPSA) is 105 Å². The summed E-state index contributed by atoms with van der Waals surface area (Å²) in [5.41, 5.74) is 0. The Morgan fingerprint density at radius 2 is 2.03 bits per heavy atom. The molecule has 0 spiro atoms. The fourth-order valence-corrected chi connectivity index (χ4v) is 5.91. The average Bonchev–Trinajstić information content (AvgIpc) is 3.37. The molecule has 1 unspecified atom stereocenters. The Morgan fingerprint density at radius 3 is 2.74 bits per heavy atom. The maximum Gasteiger partial charge on any atom is 0.322 e. The molecule has 3 heterocycles. The fourth-order valence-electron chi connectivity index (χ4n) is 3.31. The van der Waals surface area contributed by atoms with E-state index in [1.807, 2.05) is 6.07 Å². The van der Waals surface area contributed by atoms with E-state index in [0.29, 0.717) is 29.5 Å². The molecule has 0 bridgehead atoms. The van der Waals surface area contributed by atoms with Gasteiger partial charge in [-0.25, -0.2) is 12.8 Å². The number of benzene rings is 1.